The van der Waals surface area contributed by atoms with Crippen LogP contribution in [-0.4, -0.2) is 133 Å². The summed E-state index contributed by atoms with van der Waals surface area (Å²) in [5, 5.41) is 2.71. The highest BCUT2D eigenvalue weighted by Crippen LogP contribution is 2.43. The Morgan fingerprint density at radius 3 is 2.03 bits per heavy atom. The van der Waals surface area contributed by atoms with E-state index in [1.54, 1.807) is 30.3 Å². The van der Waals surface area contributed by atoms with E-state index in [0.29, 0.717) is 59.5 Å². The Labute approximate surface area is 360 Å². The van der Waals surface area contributed by atoms with Crippen LogP contribution in [0, 0.1) is 17.9 Å². The van der Waals surface area contributed by atoms with E-state index in [1.807, 2.05) is 40.1 Å². The van der Waals surface area contributed by atoms with E-state index in [9.17, 15) is 28.8 Å². The van der Waals surface area contributed by atoms with E-state index < -0.39 is 29.7 Å². The molecule has 5 saturated heterocycles. The summed E-state index contributed by atoms with van der Waals surface area (Å²) < 4.78 is 0. The van der Waals surface area contributed by atoms with Crippen molar-refractivity contribution in [1.29, 1.82) is 0 Å². The molecule has 1 spiro atoms. The fourth-order valence-electron chi connectivity index (χ4n) is 10.2. The number of halogens is 1. The number of amides is 6. The lowest BCUT2D eigenvalue weighted by Crippen LogP contribution is -2.54. The van der Waals surface area contributed by atoms with Crippen molar-refractivity contribution in [3.63, 3.8) is 0 Å². The van der Waals surface area contributed by atoms with Gasteiger partial charge in [0.15, 0.2) is 0 Å². The number of piperidine rings is 3. The number of carbonyl (C=O) groups is 6. The van der Waals surface area contributed by atoms with E-state index in [0.717, 1.165) is 94.2 Å². The number of hydrogen-bond acceptors (Lipinski definition) is 9. The van der Waals surface area contributed by atoms with Crippen molar-refractivity contribution < 1.29 is 28.8 Å². The summed E-state index contributed by atoms with van der Waals surface area (Å²) in [5.41, 5.74) is 4.16. The number of nitrogens with one attached hydrogen (secondary N) is 1. The third-order valence-electron chi connectivity index (χ3n) is 13.9. The van der Waals surface area contributed by atoms with Gasteiger partial charge in [0.2, 0.25) is 17.5 Å². The fourth-order valence-corrected chi connectivity index (χ4v) is 10.4. The smallest absolute Gasteiger partial charge is 0.262 e. The molecule has 0 radical (unpaired) electrons. The van der Waals surface area contributed by atoms with E-state index in [-0.39, 0.29) is 35.6 Å². The summed E-state index contributed by atoms with van der Waals surface area (Å²) in [6.45, 7) is 15.8. The van der Waals surface area contributed by atoms with Crippen LogP contribution >= 0.6 is 11.6 Å². The molecule has 1 atom stereocenters. The third kappa shape index (κ3) is 7.97. The summed E-state index contributed by atoms with van der Waals surface area (Å²) in [6, 6.07) is 17.1. The fraction of sp³-hybridized carbons (Fsp3) is 0.457. The standard InChI is InChI=1S/C46H49ClN8O6/c1-48-38-8-6-34(27-37(38)47)54-20-15-46(29-54)13-18-52(19-14-46)42(58)31-3-2-4-32(25-31)43(59)53-23-21-50(22-24-53)28-30-11-16-51(17-12-30)33-5-7-35-36(26-33)45(61)55(44(35)60)39-9-10-40(56)49-41(39)57/h2-8,25-27,30,39H,9-24,28-29H2,(H,49,56,57). The number of anilines is 2. The van der Waals surface area contributed by atoms with Gasteiger partial charge in [-0.05, 0) is 98.4 Å². The van der Waals surface area contributed by atoms with Gasteiger partial charge in [0.1, 0.15) is 6.04 Å². The summed E-state index contributed by atoms with van der Waals surface area (Å²) in [4.78, 5) is 93.3. The lowest BCUT2D eigenvalue weighted by atomic mass is 9.77. The molecule has 316 valence electrons. The molecule has 9 rings (SSSR count). The van der Waals surface area contributed by atoms with Crippen molar-refractivity contribution in [2.75, 3.05) is 81.8 Å². The molecule has 6 amide bonds. The molecule has 0 aliphatic carbocycles. The lowest BCUT2D eigenvalue weighted by Gasteiger charge is -2.39. The molecular weight excluding hydrogens is 796 g/mol. The first-order valence-electron chi connectivity index (χ1n) is 21.4. The molecule has 3 aromatic rings. The average Bonchev–Trinajstić information content (AvgIpc) is 3.80. The second-order valence-electron chi connectivity index (χ2n) is 17.5. The second-order valence-corrected chi connectivity index (χ2v) is 17.9. The Balaban J connectivity index is 0.726. The molecule has 14 nitrogen and oxygen atoms in total. The molecule has 5 fully saturated rings. The summed E-state index contributed by atoms with van der Waals surface area (Å²) in [5.74, 6) is -1.61. The van der Waals surface area contributed by atoms with Gasteiger partial charge in [-0.25, -0.2) is 4.85 Å². The normalized spacial score (nSPS) is 22.2. The van der Waals surface area contributed by atoms with E-state index >= 15 is 0 Å². The van der Waals surface area contributed by atoms with Crippen LogP contribution in [0.3, 0.4) is 0 Å². The molecule has 3 aromatic carbocycles. The van der Waals surface area contributed by atoms with Crippen molar-refractivity contribution in [3.05, 3.63) is 99.4 Å². The van der Waals surface area contributed by atoms with Crippen LogP contribution in [0.4, 0.5) is 17.1 Å². The van der Waals surface area contributed by atoms with Crippen LogP contribution in [0.5, 0.6) is 0 Å². The van der Waals surface area contributed by atoms with Gasteiger partial charge in [0.05, 0.1) is 17.7 Å². The Morgan fingerprint density at radius 1 is 0.721 bits per heavy atom. The summed E-state index contributed by atoms with van der Waals surface area (Å²) >= 11 is 6.33. The monoisotopic (exact) mass is 844 g/mol. The number of rotatable bonds is 7. The number of imide groups is 2. The molecule has 6 heterocycles. The largest absolute Gasteiger partial charge is 0.371 e. The number of fused-ring (bicyclic) bond motifs is 1. The predicted molar refractivity (Wildman–Crippen MR) is 229 cm³/mol. The van der Waals surface area contributed by atoms with Crippen LogP contribution in [0.25, 0.3) is 4.85 Å². The highest BCUT2D eigenvalue weighted by Gasteiger charge is 2.45. The van der Waals surface area contributed by atoms with Gasteiger partial charge in [0, 0.05) is 106 Å². The van der Waals surface area contributed by atoms with Gasteiger partial charge in [0.25, 0.3) is 23.6 Å². The minimum atomic E-state index is -0.985. The van der Waals surface area contributed by atoms with E-state index in [1.165, 1.54) is 0 Å². The molecule has 1 unspecified atom stereocenters. The van der Waals surface area contributed by atoms with Crippen molar-refractivity contribution in [2.24, 2.45) is 11.3 Å². The van der Waals surface area contributed by atoms with Gasteiger partial charge < -0.3 is 19.6 Å². The van der Waals surface area contributed by atoms with Gasteiger partial charge in [-0.3, -0.25) is 43.9 Å². The van der Waals surface area contributed by atoms with Crippen LogP contribution in [0.15, 0.2) is 60.7 Å². The SMILES string of the molecule is [C-]#[N+]c1ccc(N2CCC3(CCN(C(=O)c4cccc(C(=O)N5CCN(CC6CCN(c7ccc8c(c7)C(=O)N(C7CCC(=O)NC7=O)C8=O)CC6)CC5)c4)CC3)C2)cc1Cl. The first-order valence-corrected chi connectivity index (χ1v) is 21.8. The van der Waals surface area contributed by atoms with Crippen LogP contribution in [-0.2, 0) is 9.59 Å². The Hall–Kier alpha value is -5.78. The number of nitrogens with zero attached hydrogens (tertiary/aromatic N) is 7. The summed E-state index contributed by atoms with van der Waals surface area (Å²) in [7, 11) is 0. The highest BCUT2D eigenvalue weighted by atomic mass is 35.5. The van der Waals surface area contributed by atoms with Gasteiger partial charge >= 0.3 is 0 Å². The summed E-state index contributed by atoms with van der Waals surface area (Å²) in [6.07, 6.45) is 5.03. The molecule has 15 heteroatoms. The molecular formula is C46H49ClN8O6. The zero-order chi connectivity index (χ0) is 42.4. The minimum Gasteiger partial charge on any atom is -0.371 e. The minimum absolute atomic E-state index is 0.0343. The Morgan fingerprint density at radius 2 is 1.36 bits per heavy atom. The molecule has 0 aromatic heterocycles. The third-order valence-corrected chi connectivity index (χ3v) is 14.2. The maximum absolute atomic E-state index is 13.7. The highest BCUT2D eigenvalue weighted by molar-refractivity contribution is 6.33. The van der Waals surface area contributed by atoms with E-state index in [4.69, 9.17) is 18.2 Å². The van der Waals surface area contributed by atoms with Crippen LogP contribution in [0.1, 0.15) is 86.4 Å². The van der Waals surface area contributed by atoms with E-state index in [2.05, 4.69) is 24.9 Å². The van der Waals surface area contributed by atoms with Gasteiger partial charge in [-0.2, -0.15) is 0 Å². The van der Waals surface area contributed by atoms with Crippen molar-refractivity contribution in [1.82, 2.24) is 24.9 Å². The van der Waals surface area contributed by atoms with Crippen molar-refractivity contribution in [2.45, 2.75) is 51.0 Å². The number of benzene rings is 3. The molecule has 1 N–H and O–H groups in total. The molecule has 61 heavy (non-hydrogen) atoms. The van der Waals surface area contributed by atoms with Gasteiger partial charge in [-0.15, -0.1) is 0 Å². The maximum Gasteiger partial charge on any atom is 0.262 e. The topological polar surface area (TPSA) is 138 Å². The number of carbonyl (C=O) groups excluding carboxylic acids is 6. The zero-order valence-corrected chi connectivity index (χ0v) is 34.9. The first-order chi connectivity index (χ1) is 29.5. The predicted octanol–water partition coefficient (Wildman–Crippen LogP) is 5.10. The maximum atomic E-state index is 13.7. The van der Waals surface area contributed by atoms with Crippen molar-refractivity contribution >= 4 is 64.1 Å². The second kappa shape index (κ2) is 16.6. The Bertz CT molecular complexity index is 2340. The van der Waals surface area contributed by atoms with Crippen LogP contribution in [0.2, 0.25) is 5.02 Å². The first kappa shape index (κ1) is 40.6. The number of piperazine rings is 1. The lowest BCUT2D eigenvalue weighted by molar-refractivity contribution is -0.136. The Kier molecular flexibility index (Phi) is 11.0. The number of likely N-dealkylation sites (tertiary alicyclic amines) is 1. The number of hydrogen-bond donors (Lipinski definition) is 1. The zero-order valence-electron chi connectivity index (χ0n) is 34.1. The molecule has 0 bridgehead atoms. The quantitative estimate of drug-likeness (QED) is 0.255. The molecule has 6 aliphatic rings. The van der Waals surface area contributed by atoms with Crippen LogP contribution < -0.4 is 15.1 Å². The van der Waals surface area contributed by atoms with Crippen molar-refractivity contribution in [3.8, 4) is 0 Å². The molecule has 0 saturated carbocycles. The molecule has 6 aliphatic heterocycles. The van der Waals surface area contributed by atoms with Gasteiger partial charge in [-0.1, -0.05) is 23.7 Å². The average molecular weight is 845 g/mol.